The molecule has 1 amide bonds. The maximum Gasteiger partial charge on any atom is 0.226 e. The second-order valence-corrected chi connectivity index (χ2v) is 6.25. The highest BCUT2D eigenvalue weighted by atomic mass is 35.5. The normalized spacial score (nSPS) is 14.6. The Morgan fingerprint density at radius 3 is 2.64 bits per heavy atom. The van der Waals surface area contributed by atoms with Crippen LogP contribution in [0.5, 0.6) is 5.75 Å². The molecule has 4 nitrogen and oxygen atoms in total. The van der Waals surface area contributed by atoms with Crippen molar-refractivity contribution in [3.05, 3.63) is 29.3 Å². The monoisotopic (exact) mass is 340 g/mol. The zero-order valence-corrected chi connectivity index (χ0v) is 14.0. The Hall–Kier alpha value is -1.33. The maximum absolute atomic E-state index is 11.8. The SMILES string of the molecule is O=C(CCCOc1ccc(Cl)cc1)NC(=S)NC1CCCC1. The maximum atomic E-state index is 11.8. The van der Waals surface area contributed by atoms with E-state index in [1.54, 1.807) is 12.1 Å². The van der Waals surface area contributed by atoms with E-state index in [1.165, 1.54) is 12.8 Å². The molecule has 0 unspecified atom stereocenters. The second kappa shape index (κ2) is 8.96. The van der Waals surface area contributed by atoms with Crippen molar-refractivity contribution in [1.29, 1.82) is 0 Å². The van der Waals surface area contributed by atoms with Crippen molar-refractivity contribution in [2.75, 3.05) is 6.61 Å². The summed E-state index contributed by atoms with van der Waals surface area (Å²) in [6.07, 6.45) is 5.75. The number of thiocarbonyl (C=S) groups is 1. The van der Waals surface area contributed by atoms with E-state index in [9.17, 15) is 4.79 Å². The lowest BCUT2D eigenvalue weighted by Gasteiger charge is -2.14. The third kappa shape index (κ3) is 6.20. The van der Waals surface area contributed by atoms with Crippen LogP contribution in [0.15, 0.2) is 24.3 Å². The largest absolute Gasteiger partial charge is 0.494 e. The van der Waals surface area contributed by atoms with Gasteiger partial charge >= 0.3 is 0 Å². The number of amides is 1. The molecule has 0 bridgehead atoms. The first-order valence-corrected chi connectivity index (χ1v) is 8.41. The van der Waals surface area contributed by atoms with Gasteiger partial charge in [-0.25, -0.2) is 0 Å². The Bertz CT molecular complexity index is 501. The first kappa shape index (κ1) is 17.0. The Labute approximate surface area is 141 Å². The van der Waals surface area contributed by atoms with Gasteiger partial charge < -0.3 is 15.4 Å². The third-order valence-corrected chi connectivity index (χ3v) is 4.05. The van der Waals surface area contributed by atoms with Crippen LogP contribution in [-0.4, -0.2) is 23.7 Å². The molecule has 1 fully saturated rings. The van der Waals surface area contributed by atoms with Gasteiger partial charge in [-0.15, -0.1) is 0 Å². The Kier molecular flexibility index (Phi) is 6.93. The number of hydrogen-bond donors (Lipinski definition) is 2. The van der Waals surface area contributed by atoms with E-state index in [-0.39, 0.29) is 5.91 Å². The molecule has 1 aromatic carbocycles. The van der Waals surface area contributed by atoms with Gasteiger partial charge in [-0.2, -0.15) is 0 Å². The number of hydrogen-bond acceptors (Lipinski definition) is 3. The van der Waals surface area contributed by atoms with E-state index >= 15 is 0 Å². The van der Waals surface area contributed by atoms with Crippen molar-refractivity contribution in [3.63, 3.8) is 0 Å². The molecule has 1 aromatic rings. The molecule has 1 saturated carbocycles. The standard InChI is InChI=1S/C16H21ClN2O2S/c17-12-7-9-14(10-8-12)21-11-3-6-15(20)19-16(22)18-13-4-1-2-5-13/h7-10,13H,1-6,11H2,(H2,18,19,20,22). The molecule has 0 radical (unpaired) electrons. The number of carbonyl (C=O) groups is 1. The molecule has 6 heteroatoms. The molecule has 22 heavy (non-hydrogen) atoms. The summed E-state index contributed by atoms with van der Waals surface area (Å²) in [5.41, 5.74) is 0. The second-order valence-electron chi connectivity index (χ2n) is 5.41. The number of benzene rings is 1. The van der Waals surface area contributed by atoms with Crippen LogP contribution in [0.4, 0.5) is 0 Å². The molecule has 1 aliphatic rings. The number of rotatable bonds is 6. The van der Waals surface area contributed by atoms with Crippen molar-refractivity contribution in [2.45, 2.75) is 44.6 Å². The van der Waals surface area contributed by atoms with E-state index in [4.69, 9.17) is 28.6 Å². The fourth-order valence-electron chi connectivity index (χ4n) is 2.43. The lowest BCUT2D eigenvalue weighted by molar-refractivity contribution is -0.119. The van der Waals surface area contributed by atoms with E-state index in [0.29, 0.717) is 35.6 Å². The predicted octanol–water partition coefficient (Wildman–Crippen LogP) is 3.43. The number of halogens is 1. The van der Waals surface area contributed by atoms with Gasteiger partial charge in [0.25, 0.3) is 0 Å². The molecule has 120 valence electrons. The van der Waals surface area contributed by atoms with Crippen molar-refractivity contribution < 1.29 is 9.53 Å². The summed E-state index contributed by atoms with van der Waals surface area (Å²) in [4.78, 5) is 11.8. The first-order chi connectivity index (χ1) is 10.6. The molecular formula is C16H21ClN2O2S. The van der Waals surface area contributed by atoms with Gasteiger partial charge in [0.1, 0.15) is 5.75 Å². The summed E-state index contributed by atoms with van der Waals surface area (Å²) in [6.45, 7) is 0.484. The Morgan fingerprint density at radius 1 is 1.27 bits per heavy atom. The minimum absolute atomic E-state index is 0.0739. The summed E-state index contributed by atoms with van der Waals surface area (Å²) < 4.78 is 5.54. The van der Waals surface area contributed by atoms with Crippen molar-refractivity contribution in [1.82, 2.24) is 10.6 Å². The molecule has 0 atom stereocenters. The molecule has 2 rings (SSSR count). The van der Waals surface area contributed by atoms with Crippen LogP contribution >= 0.6 is 23.8 Å². The summed E-state index contributed by atoms with van der Waals surface area (Å²) in [6, 6.07) is 7.58. The minimum atomic E-state index is -0.0739. The fourth-order valence-corrected chi connectivity index (χ4v) is 2.84. The Morgan fingerprint density at radius 2 is 1.95 bits per heavy atom. The molecule has 1 aliphatic carbocycles. The number of carbonyl (C=O) groups excluding carboxylic acids is 1. The van der Waals surface area contributed by atoms with Crippen LogP contribution in [0, 0.1) is 0 Å². The minimum Gasteiger partial charge on any atom is -0.494 e. The average molecular weight is 341 g/mol. The first-order valence-electron chi connectivity index (χ1n) is 7.62. The van der Waals surface area contributed by atoms with Crippen LogP contribution in [0.25, 0.3) is 0 Å². The topological polar surface area (TPSA) is 50.4 Å². The van der Waals surface area contributed by atoms with Crippen LogP contribution in [0.1, 0.15) is 38.5 Å². The van der Waals surface area contributed by atoms with E-state index in [1.807, 2.05) is 12.1 Å². The highest BCUT2D eigenvalue weighted by Crippen LogP contribution is 2.17. The van der Waals surface area contributed by atoms with Gasteiger partial charge in [0.05, 0.1) is 6.61 Å². The molecule has 0 saturated heterocycles. The Balaban J connectivity index is 1.57. The smallest absolute Gasteiger partial charge is 0.226 e. The molecule has 2 N–H and O–H groups in total. The third-order valence-electron chi connectivity index (χ3n) is 3.57. The zero-order valence-electron chi connectivity index (χ0n) is 12.4. The highest BCUT2D eigenvalue weighted by molar-refractivity contribution is 7.80. The van der Waals surface area contributed by atoms with Crippen molar-refractivity contribution in [3.8, 4) is 5.75 Å². The highest BCUT2D eigenvalue weighted by Gasteiger charge is 2.16. The predicted molar refractivity (Wildman–Crippen MR) is 92.3 cm³/mol. The van der Waals surface area contributed by atoms with Crippen LogP contribution < -0.4 is 15.4 Å². The molecule has 0 aliphatic heterocycles. The van der Waals surface area contributed by atoms with Gasteiger partial charge in [-0.05, 0) is 55.7 Å². The molecule has 0 spiro atoms. The quantitative estimate of drug-likeness (QED) is 0.615. The van der Waals surface area contributed by atoms with Gasteiger partial charge in [-0.3, -0.25) is 4.79 Å². The van der Waals surface area contributed by atoms with Crippen LogP contribution in [0.3, 0.4) is 0 Å². The summed E-state index contributed by atoms with van der Waals surface area (Å²) >= 11 is 10.9. The fraction of sp³-hybridized carbons (Fsp3) is 0.500. The van der Waals surface area contributed by atoms with Gasteiger partial charge in [0, 0.05) is 17.5 Å². The van der Waals surface area contributed by atoms with Gasteiger partial charge in [0.15, 0.2) is 5.11 Å². The zero-order chi connectivity index (χ0) is 15.8. The molecule has 0 heterocycles. The molecule has 0 aromatic heterocycles. The molecular weight excluding hydrogens is 320 g/mol. The van der Waals surface area contributed by atoms with Crippen LogP contribution in [0.2, 0.25) is 5.02 Å². The summed E-state index contributed by atoms with van der Waals surface area (Å²) in [5, 5.41) is 7.02. The van der Waals surface area contributed by atoms with E-state index in [2.05, 4.69) is 10.6 Å². The summed E-state index contributed by atoms with van der Waals surface area (Å²) in [7, 11) is 0. The van der Waals surface area contributed by atoms with Crippen molar-refractivity contribution in [2.24, 2.45) is 0 Å². The lowest BCUT2D eigenvalue weighted by atomic mass is 10.2. The number of nitrogens with one attached hydrogen (secondary N) is 2. The van der Waals surface area contributed by atoms with E-state index < -0.39 is 0 Å². The van der Waals surface area contributed by atoms with Gasteiger partial charge in [-0.1, -0.05) is 24.4 Å². The lowest BCUT2D eigenvalue weighted by Crippen LogP contribution is -2.43. The van der Waals surface area contributed by atoms with Crippen molar-refractivity contribution >= 4 is 34.8 Å². The summed E-state index contributed by atoms with van der Waals surface area (Å²) in [5.74, 6) is 0.679. The number of ether oxygens (including phenoxy) is 1. The average Bonchev–Trinajstić information content (AvgIpc) is 2.98. The van der Waals surface area contributed by atoms with Crippen LogP contribution in [-0.2, 0) is 4.79 Å². The van der Waals surface area contributed by atoms with E-state index in [0.717, 1.165) is 18.6 Å². The van der Waals surface area contributed by atoms with Gasteiger partial charge in [0.2, 0.25) is 5.91 Å².